The molecule has 0 aromatic carbocycles. The molecule has 0 aliphatic rings. The van der Waals surface area contributed by atoms with Crippen molar-refractivity contribution in [3.05, 3.63) is 18.2 Å². The van der Waals surface area contributed by atoms with Crippen molar-refractivity contribution in [2.24, 2.45) is 0 Å². The lowest BCUT2D eigenvalue weighted by Gasteiger charge is -1.84. The Labute approximate surface area is 63.2 Å². The molecule has 0 aliphatic carbocycles. The van der Waals surface area contributed by atoms with E-state index in [0.29, 0.717) is 5.58 Å². The molecule has 4 heteroatoms. The van der Waals surface area contributed by atoms with Crippen molar-refractivity contribution in [2.45, 2.75) is 13.3 Å². The molecule has 0 N–H and O–H groups in total. The number of nitrogens with zero attached hydrogens (tertiary/aromatic N) is 3. The Morgan fingerprint density at radius 1 is 1.55 bits per heavy atom. The quantitative estimate of drug-likeness (QED) is 0.610. The van der Waals surface area contributed by atoms with E-state index in [1.165, 1.54) is 6.33 Å². The molecule has 0 amide bonds. The van der Waals surface area contributed by atoms with Crippen molar-refractivity contribution in [1.82, 2.24) is 15.1 Å². The van der Waals surface area contributed by atoms with E-state index < -0.39 is 0 Å². The van der Waals surface area contributed by atoms with Crippen molar-refractivity contribution in [1.29, 1.82) is 0 Å². The van der Waals surface area contributed by atoms with Gasteiger partial charge >= 0.3 is 0 Å². The number of rotatable bonds is 1. The molecule has 2 aromatic heterocycles. The van der Waals surface area contributed by atoms with Crippen LogP contribution in [-0.2, 0) is 6.42 Å². The van der Waals surface area contributed by atoms with Gasteiger partial charge in [0.25, 0.3) is 0 Å². The Morgan fingerprint density at radius 3 is 3.27 bits per heavy atom. The van der Waals surface area contributed by atoms with Crippen LogP contribution >= 0.6 is 0 Å². The number of aryl methyl sites for hydroxylation is 1. The highest BCUT2D eigenvalue weighted by molar-refractivity contribution is 5.72. The standard InChI is InChI=1S/C7H7N3O/c1-2-5-7-6(11-10-5)3-8-4-9-7/h3-4H,2H2,1H3. The third-order valence-electron chi connectivity index (χ3n) is 1.54. The molecular weight excluding hydrogens is 142 g/mol. The summed E-state index contributed by atoms with van der Waals surface area (Å²) in [5.74, 6) is 0. The van der Waals surface area contributed by atoms with Crippen LogP contribution in [0.2, 0.25) is 0 Å². The van der Waals surface area contributed by atoms with E-state index in [1.807, 2.05) is 6.92 Å². The number of hydrogen-bond acceptors (Lipinski definition) is 4. The summed E-state index contributed by atoms with van der Waals surface area (Å²) in [5.41, 5.74) is 2.37. The van der Waals surface area contributed by atoms with Crippen LogP contribution in [0.25, 0.3) is 11.1 Å². The zero-order valence-corrected chi connectivity index (χ0v) is 6.11. The first-order chi connectivity index (χ1) is 5.42. The molecular formula is C7H7N3O. The van der Waals surface area contributed by atoms with E-state index >= 15 is 0 Å². The molecule has 2 heterocycles. The minimum Gasteiger partial charge on any atom is -0.353 e. The Balaban J connectivity index is 2.76. The Bertz CT molecular complexity index is 368. The number of fused-ring (bicyclic) bond motifs is 1. The Kier molecular flexibility index (Phi) is 1.31. The zero-order chi connectivity index (χ0) is 7.68. The first-order valence-corrected chi connectivity index (χ1v) is 3.46. The molecule has 0 bridgehead atoms. The Hall–Kier alpha value is -1.45. The van der Waals surface area contributed by atoms with Crippen LogP contribution in [0.5, 0.6) is 0 Å². The summed E-state index contributed by atoms with van der Waals surface area (Å²) >= 11 is 0. The van der Waals surface area contributed by atoms with Crippen molar-refractivity contribution < 1.29 is 4.52 Å². The van der Waals surface area contributed by atoms with E-state index in [1.54, 1.807) is 6.20 Å². The molecule has 0 saturated heterocycles. The summed E-state index contributed by atoms with van der Waals surface area (Å²) in [6, 6.07) is 0. The summed E-state index contributed by atoms with van der Waals surface area (Å²) in [5, 5.41) is 3.84. The second-order valence-electron chi connectivity index (χ2n) is 2.22. The second-order valence-corrected chi connectivity index (χ2v) is 2.22. The smallest absolute Gasteiger partial charge is 0.203 e. The van der Waals surface area contributed by atoms with Crippen LogP contribution in [0.15, 0.2) is 17.0 Å². The van der Waals surface area contributed by atoms with Gasteiger partial charge in [-0.2, -0.15) is 0 Å². The van der Waals surface area contributed by atoms with Gasteiger partial charge in [0.1, 0.15) is 17.5 Å². The van der Waals surface area contributed by atoms with Crippen LogP contribution < -0.4 is 0 Å². The highest BCUT2D eigenvalue weighted by Crippen LogP contribution is 2.13. The topological polar surface area (TPSA) is 51.8 Å². The lowest BCUT2D eigenvalue weighted by Crippen LogP contribution is -1.82. The monoisotopic (exact) mass is 149 g/mol. The average molecular weight is 149 g/mol. The predicted molar refractivity (Wildman–Crippen MR) is 39.0 cm³/mol. The Morgan fingerprint density at radius 2 is 2.45 bits per heavy atom. The maximum Gasteiger partial charge on any atom is 0.203 e. The SMILES string of the molecule is CCc1noc2cncnc12. The van der Waals surface area contributed by atoms with E-state index in [4.69, 9.17) is 4.52 Å². The van der Waals surface area contributed by atoms with E-state index in [0.717, 1.165) is 17.6 Å². The van der Waals surface area contributed by atoms with Gasteiger partial charge in [0.15, 0.2) is 0 Å². The third-order valence-corrected chi connectivity index (χ3v) is 1.54. The van der Waals surface area contributed by atoms with Gasteiger partial charge in [-0.3, -0.25) is 0 Å². The van der Waals surface area contributed by atoms with Gasteiger partial charge in [0, 0.05) is 0 Å². The van der Waals surface area contributed by atoms with Crippen LogP contribution in [0.3, 0.4) is 0 Å². The molecule has 2 rings (SSSR count). The van der Waals surface area contributed by atoms with Crippen molar-refractivity contribution in [3.63, 3.8) is 0 Å². The summed E-state index contributed by atoms with van der Waals surface area (Å²) in [4.78, 5) is 7.86. The summed E-state index contributed by atoms with van der Waals surface area (Å²) in [7, 11) is 0. The molecule has 0 unspecified atom stereocenters. The molecule has 0 spiro atoms. The summed E-state index contributed by atoms with van der Waals surface area (Å²) in [6.45, 7) is 2.01. The van der Waals surface area contributed by atoms with E-state index in [-0.39, 0.29) is 0 Å². The minimum atomic E-state index is 0.657. The largest absolute Gasteiger partial charge is 0.353 e. The number of hydrogen-bond donors (Lipinski definition) is 0. The second kappa shape index (κ2) is 2.30. The molecule has 0 radical (unpaired) electrons. The van der Waals surface area contributed by atoms with Gasteiger partial charge in [0.2, 0.25) is 5.58 Å². The predicted octanol–water partition coefficient (Wildman–Crippen LogP) is 1.18. The third kappa shape index (κ3) is 0.869. The first kappa shape index (κ1) is 6.27. The summed E-state index contributed by atoms with van der Waals surface area (Å²) < 4.78 is 4.96. The lowest BCUT2D eigenvalue weighted by molar-refractivity contribution is 0.446. The van der Waals surface area contributed by atoms with E-state index in [2.05, 4.69) is 15.1 Å². The molecule has 4 nitrogen and oxygen atoms in total. The molecule has 0 saturated carbocycles. The van der Waals surface area contributed by atoms with Crippen LogP contribution in [-0.4, -0.2) is 15.1 Å². The van der Waals surface area contributed by atoms with Gasteiger partial charge in [0.05, 0.1) is 6.20 Å². The molecule has 56 valence electrons. The van der Waals surface area contributed by atoms with Crippen molar-refractivity contribution in [3.8, 4) is 0 Å². The van der Waals surface area contributed by atoms with E-state index in [9.17, 15) is 0 Å². The normalized spacial score (nSPS) is 10.6. The van der Waals surface area contributed by atoms with Crippen molar-refractivity contribution in [2.75, 3.05) is 0 Å². The van der Waals surface area contributed by atoms with Crippen LogP contribution in [0.4, 0.5) is 0 Å². The van der Waals surface area contributed by atoms with Gasteiger partial charge in [-0.1, -0.05) is 12.1 Å². The molecule has 11 heavy (non-hydrogen) atoms. The molecule has 0 atom stereocenters. The molecule has 0 aliphatic heterocycles. The molecule has 2 aromatic rings. The zero-order valence-electron chi connectivity index (χ0n) is 6.11. The van der Waals surface area contributed by atoms with Crippen LogP contribution in [0, 0.1) is 0 Å². The number of aromatic nitrogens is 3. The fourth-order valence-electron chi connectivity index (χ4n) is 0.980. The van der Waals surface area contributed by atoms with Crippen molar-refractivity contribution >= 4 is 11.1 Å². The lowest BCUT2D eigenvalue weighted by atomic mass is 10.3. The van der Waals surface area contributed by atoms with Gasteiger partial charge in [-0.05, 0) is 6.42 Å². The molecule has 0 fully saturated rings. The fourth-order valence-corrected chi connectivity index (χ4v) is 0.980. The minimum absolute atomic E-state index is 0.657. The van der Waals surface area contributed by atoms with Crippen LogP contribution in [0.1, 0.15) is 12.6 Å². The van der Waals surface area contributed by atoms with Gasteiger partial charge < -0.3 is 4.52 Å². The fraction of sp³-hybridized carbons (Fsp3) is 0.286. The maximum atomic E-state index is 4.96. The van der Waals surface area contributed by atoms with Gasteiger partial charge in [-0.15, -0.1) is 0 Å². The highest BCUT2D eigenvalue weighted by atomic mass is 16.5. The maximum absolute atomic E-state index is 4.96. The first-order valence-electron chi connectivity index (χ1n) is 3.46. The highest BCUT2D eigenvalue weighted by Gasteiger charge is 2.05. The van der Waals surface area contributed by atoms with Gasteiger partial charge in [-0.25, -0.2) is 9.97 Å². The average Bonchev–Trinajstić information content (AvgIpc) is 2.47. The summed E-state index contributed by atoms with van der Waals surface area (Å²) in [6.07, 6.45) is 3.96.